The van der Waals surface area contributed by atoms with Crippen molar-refractivity contribution < 1.29 is 18.7 Å². The van der Waals surface area contributed by atoms with Crippen LogP contribution in [0.4, 0.5) is 8.78 Å². The normalized spacial score (nSPS) is 10.6. The van der Waals surface area contributed by atoms with Crippen molar-refractivity contribution in [1.82, 2.24) is 9.97 Å². The van der Waals surface area contributed by atoms with Crippen molar-refractivity contribution in [1.29, 1.82) is 0 Å². The van der Waals surface area contributed by atoms with Crippen molar-refractivity contribution in [3.05, 3.63) is 36.0 Å². The first-order chi connectivity index (χ1) is 8.56. The highest BCUT2D eigenvalue weighted by Gasteiger charge is 2.08. The van der Waals surface area contributed by atoms with Crippen molar-refractivity contribution in [2.24, 2.45) is 0 Å². The maximum Gasteiger partial charge on any atom is 0.313 e. The quantitative estimate of drug-likeness (QED) is 0.838. The summed E-state index contributed by atoms with van der Waals surface area (Å²) in [6, 6.07) is 3.49. The lowest BCUT2D eigenvalue weighted by molar-refractivity contribution is -0.133. The van der Waals surface area contributed by atoms with E-state index in [0.717, 1.165) is 23.9 Å². The number of carboxylic acids is 1. The van der Waals surface area contributed by atoms with Crippen LogP contribution in [0.3, 0.4) is 0 Å². The first kappa shape index (κ1) is 12.6. The molecule has 0 aliphatic rings. The molecule has 0 spiro atoms. The SMILES string of the molecule is O=C(O)CSc1ncc(-c2ccc(F)c(F)c2)[nH]1. The van der Waals surface area contributed by atoms with Gasteiger partial charge in [0.25, 0.3) is 0 Å². The van der Waals surface area contributed by atoms with Crippen molar-refractivity contribution in [3.63, 3.8) is 0 Å². The monoisotopic (exact) mass is 270 g/mol. The largest absolute Gasteiger partial charge is 0.481 e. The summed E-state index contributed by atoms with van der Waals surface area (Å²) in [7, 11) is 0. The predicted molar refractivity (Wildman–Crippen MR) is 62.3 cm³/mol. The Morgan fingerprint density at radius 3 is 2.83 bits per heavy atom. The van der Waals surface area contributed by atoms with Crippen molar-refractivity contribution in [3.8, 4) is 11.3 Å². The van der Waals surface area contributed by atoms with Crippen molar-refractivity contribution >= 4 is 17.7 Å². The lowest BCUT2D eigenvalue weighted by Crippen LogP contribution is -1.97. The van der Waals surface area contributed by atoms with E-state index in [1.54, 1.807) is 0 Å². The van der Waals surface area contributed by atoms with Gasteiger partial charge in [-0.05, 0) is 18.2 Å². The second kappa shape index (κ2) is 5.18. The number of hydrogen-bond acceptors (Lipinski definition) is 3. The van der Waals surface area contributed by atoms with Gasteiger partial charge in [-0.3, -0.25) is 4.79 Å². The average Bonchev–Trinajstić information content (AvgIpc) is 2.79. The summed E-state index contributed by atoms with van der Waals surface area (Å²) in [5.74, 6) is -2.93. The van der Waals surface area contributed by atoms with E-state index in [0.29, 0.717) is 16.4 Å². The molecule has 2 aromatic rings. The highest BCUT2D eigenvalue weighted by molar-refractivity contribution is 7.99. The molecule has 0 unspecified atom stereocenters. The number of carboxylic acid groups (broad SMARTS) is 1. The molecule has 0 atom stereocenters. The van der Waals surface area contributed by atoms with E-state index < -0.39 is 17.6 Å². The number of hydrogen-bond donors (Lipinski definition) is 2. The molecule has 2 N–H and O–H groups in total. The number of imidazole rings is 1. The highest BCUT2D eigenvalue weighted by atomic mass is 32.2. The zero-order chi connectivity index (χ0) is 13.1. The molecule has 0 amide bonds. The van der Waals surface area contributed by atoms with Crippen LogP contribution in [0.25, 0.3) is 11.3 Å². The Hall–Kier alpha value is -1.89. The number of H-pyrrole nitrogens is 1. The van der Waals surface area contributed by atoms with Gasteiger partial charge >= 0.3 is 5.97 Å². The molecule has 0 saturated carbocycles. The number of aromatic nitrogens is 2. The van der Waals surface area contributed by atoms with Gasteiger partial charge in [0.05, 0.1) is 17.6 Å². The van der Waals surface area contributed by atoms with Gasteiger partial charge in [0.1, 0.15) is 0 Å². The standard InChI is InChI=1S/C11H8F2N2O2S/c12-7-2-1-6(3-8(7)13)9-4-14-11(15-9)18-5-10(16)17/h1-4H,5H2,(H,14,15)(H,16,17). The van der Waals surface area contributed by atoms with Crippen LogP contribution in [-0.4, -0.2) is 26.8 Å². The highest BCUT2D eigenvalue weighted by Crippen LogP contribution is 2.22. The summed E-state index contributed by atoms with van der Waals surface area (Å²) in [6.07, 6.45) is 1.44. The van der Waals surface area contributed by atoms with E-state index in [2.05, 4.69) is 9.97 Å². The van der Waals surface area contributed by atoms with Gasteiger partial charge in [-0.2, -0.15) is 0 Å². The van der Waals surface area contributed by atoms with Crippen molar-refractivity contribution in [2.45, 2.75) is 5.16 Å². The lowest BCUT2D eigenvalue weighted by atomic mass is 10.1. The fourth-order valence-electron chi connectivity index (χ4n) is 1.32. The third-order valence-corrected chi connectivity index (χ3v) is 2.99. The molecule has 0 aliphatic carbocycles. The fourth-order valence-corrected chi connectivity index (χ4v) is 1.89. The van der Waals surface area contributed by atoms with Crippen LogP contribution < -0.4 is 0 Å². The van der Waals surface area contributed by atoms with Gasteiger partial charge in [0.2, 0.25) is 0 Å². The molecule has 0 radical (unpaired) electrons. The fraction of sp³-hybridized carbons (Fsp3) is 0.0909. The molecule has 1 heterocycles. The molecule has 18 heavy (non-hydrogen) atoms. The van der Waals surface area contributed by atoms with Crippen molar-refractivity contribution in [2.75, 3.05) is 5.75 Å². The average molecular weight is 270 g/mol. The summed E-state index contributed by atoms with van der Waals surface area (Å²) >= 11 is 1.02. The Morgan fingerprint density at radius 2 is 2.17 bits per heavy atom. The molecule has 94 valence electrons. The Kier molecular flexibility index (Phi) is 3.61. The minimum Gasteiger partial charge on any atom is -0.481 e. The minimum atomic E-state index is -0.953. The topological polar surface area (TPSA) is 66.0 Å². The molecule has 7 heteroatoms. The third-order valence-electron chi connectivity index (χ3n) is 2.12. The van der Waals surface area contributed by atoms with Crippen LogP contribution >= 0.6 is 11.8 Å². The van der Waals surface area contributed by atoms with E-state index in [4.69, 9.17) is 5.11 Å². The van der Waals surface area contributed by atoms with E-state index >= 15 is 0 Å². The summed E-state index contributed by atoms with van der Waals surface area (Å²) in [4.78, 5) is 17.2. The number of carbonyl (C=O) groups is 1. The number of aromatic amines is 1. The minimum absolute atomic E-state index is 0.120. The molecule has 1 aromatic heterocycles. The van der Waals surface area contributed by atoms with Crippen LogP contribution in [0.5, 0.6) is 0 Å². The predicted octanol–water partition coefficient (Wildman–Crippen LogP) is 2.53. The van der Waals surface area contributed by atoms with Crippen LogP contribution in [-0.2, 0) is 4.79 Å². The summed E-state index contributed by atoms with van der Waals surface area (Å²) in [5.41, 5.74) is 0.949. The van der Waals surface area contributed by atoms with E-state index in [-0.39, 0.29) is 5.75 Å². The summed E-state index contributed by atoms with van der Waals surface area (Å²) < 4.78 is 25.8. The van der Waals surface area contributed by atoms with Crippen LogP contribution in [0.15, 0.2) is 29.6 Å². The second-order valence-electron chi connectivity index (χ2n) is 3.41. The van der Waals surface area contributed by atoms with Gasteiger partial charge < -0.3 is 10.1 Å². The number of thioether (sulfide) groups is 1. The van der Waals surface area contributed by atoms with E-state index in [1.807, 2.05) is 0 Å². The number of halogens is 2. The third kappa shape index (κ3) is 2.86. The number of rotatable bonds is 4. The molecule has 2 rings (SSSR count). The zero-order valence-corrected chi connectivity index (χ0v) is 9.80. The van der Waals surface area contributed by atoms with Gasteiger partial charge in [-0.25, -0.2) is 13.8 Å². The van der Waals surface area contributed by atoms with E-state index in [1.165, 1.54) is 12.3 Å². The van der Waals surface area contributed by atoms with Crippen LogP contribution in [0.1, 0.15) is 0 Å². The summed E-state index contributed by atoms with van der Waals surface area (Å²) in [6.45, 7) is 0. The van der Waals surface area contributed by atoms with Gasteiger partial charge in [0.15, 0.2) is 16.8 Å². The second-order valence-corrected chi connectivity index (χ2v) is 4.38. The maximum absolute atomic E-state index is 13.0. The van der Waals surface area contributed by atoms with E-state index in [9.17, 15) is 13.6 Å². The van der Waals surface area contributed by atoms with Crippen LogP contribution in [0.2, 0.25) is 0 Å². The lowest BCUT2D eigenvalue weighted by Gasteiger charge is -1.98. The smallest absolute Gasteiger partial charge is 0.313 e. The zero-order valence-electron chi connectivity index (χ0n) is 8.98. The Morgan fingerprint density at radius 1 is 1.39 bits per heavy atom. The van der Waals surface area contributed by atoms with Gasteiger partial charge in [-0.1, -0.05) is 11.8 Å². The van der Waals surface area contributed by atoms with Crippen LogP contribution in [0, 0.1) is 11.6 Å². The molecule has 0 aliphatic heterocycles. The molecule has 1 aromatic carbocycles. The van der Waals surface area contributed by atoms with Gasteiger partial charge in [0, 0.05) is 5.56 Å². The Labute approximate surface area is 105 Å². The summed E-state index contributed by atoms with van der Waals surface area (Å²) in [5, 5.41) is 8.93. The molecule has 0 saturated heterocycles. The first-order valence-corrected chi connectivity index (χ1v) is 5.90. The number of nitrogens with one attached hydrogen (secondary N) is 1. The first-order valence-electron chi connectivity index (χ1n) is 4.91. The number of benzene rings is 1. The maximum atomic E-state index is 13.0. The number of aliphatic carboxylic acids is 1. The molecule has 0 bridgehead atoms. The molecular weight excluding hydrogens is 262 g/mol. The number of nitrogens with zero attached hydrogens (tertiary/aromatic N) is 1. The Balaban J connectivity index is 2.18. The molecular formula is C11H8F2N2O2S. The molecule has 0 fully saturated rings. The van der Waals surface area contributed by atoms with Gasteiger partial charge in [-0.15, -0.1) is 0 Å². The Bertz CT molecular complexity index is 586. The molecule has 4 nitrogen and oxygen atoms in total.